The molecule has 1 aliphatic carbocycles. The average Bonchev–Trinajstić information content (AvgIpc) is 3.38. The summed E-state index contributed by atoms with van der Waals surface area (Å²) in [4.78, 5) is 27.0. The number of nitrogens with zero attached hydrogens (tertiary/aromatic N) is 3. The van der Waals surface area contributed by atoms with E-state index in [0.717, 1.165) is 66.6 Å². The van der Waals surface area contributed by atoms with E-state index in [2.05, 4.69) is 15.5 Å². The Morgan fingerprint density at radius 3 is 2.81 bits per heavy atom. The van der Waals surface area contributed by atoms with Crippen LogP contribution in [0.25, 0.3) is 10.2 Å². The number of carbonyl (C=O) groups excluding carboxylic acids is 1. The molecule has 1 aliphatic heterocycles. The molecule has 1 aromatic carbocycles. The Kier molecular flexibility index (Phi) is 6.11. The molecule has 5 rings (SSSR count). The number of anilines is 1. The fraction of sp³-hybridized carbons (Fsp3) is 0.435. The van der Waals surface area contributed by atoms with Crippen LogP contribution in [0.3, 0.4) is 0 Å². The topological polar surface area (TPSA) is 79.4 Å². The highest BCUT2D eigenvalue weighted by atomic mass is 32.1. The van der Waals surface area contributed by atoms with Crippen molar-refractivity contribution in [1.29, 1.82) is 0 Å². The zero-order chi connectivity index (χ0) is 21.0. The van der Waals surface area contributed by atoms with Gasteiger partial charge in [0.1, 0.15) is 16.5 Å². The van der Waals surface area contributed by atoms with Gasteiger partial charge in [0.05, 0.1) is 31.7 Å². The molecule has 0 radical (unpaired) electrons. The molecule has 2 N–H and O–H groups in total. The second-order valence-corrected chi connectivity index (χ2v) is 9.11. The number of fused-ring (bicyclic) bond motifs is 3. The van der Waals surface area contributed by atoms with Crippen molar-refractivity contribution in [3.8, 4) is 0 Å². The Morgan fingerprint density at radius 2 is 1.97 bits per heavy atom. The largest absolute Gasteiger partial charge is 0.379 e. The van der Waals surface area contributed by atoms with Crippen LogP contribution in [-0.2, 0) is 35.5 Å². The molecule has 162 valence electrons. The van der Waals surface area contributed by atoms with Crippen molar-refractivity contribution in [3.05, 3.63) is 52.2 Å². The number of rotatable bonds is 7. The van der Waals surface area contributed by atoms with Crippen molar-refractivity contribution >= 4 is 33.3 Å². The predicted molar refractivity (Wildman–Crippen MR) is 122 cm³/mol. The van der Waals surface area contributed by atoms with Gasteiger partial charge in [0.25, 0.3) is 0 Å². The molecule has 0 unspecified atom stereocenters. The van der Waals surface area contributed by atoms with E-state index in [-0.39, 0.29) is 12.5 Å². The smallest absolute Gasteiger partial charge is 0.239 e. The van der Waals surface area contributed by atoms with E-state index >= 15 is 0 Å². The summed E-state index contributed by atoms with van der Waals surface area (Å²) in [6.07, 6.45) is 3.37. The minimum absolute atomic E-state index is 0.0442. The van der Waals surface area contributed by atoms with E-state index < -0.39 is 0 Å². The molecule has 3 aromatic rings. The first-order valence-corrected chi connectivity index (χ1v) is 11.7. The Morgan fingerprint density at radius 1 is 1.13 bits per heavy atom. The van der Waals surface area contributed by atoms with E-state index in [9.17, 15) is 4.79 Å². The maximum Gasteiger partial charge on any atom is 0.239 e. The number of morpholine rings is 1. The van der Waals surface area contributed by atoms with Crippen LogP contribution < -0.4 is 10.6 Å². The summed E-state index contributed by atoms with van der Waals surface area (Å²) < 4.78 is 5.46. The number of carbonyl (C=O) groups is 1. The number of ether oxygens (including phenoxy) is 1. The van der Waals surface area contributed by atoms with E-state index in [1.165, 1.54) is 16.9 Å². The zero-order valence-electron chi connectivity index (χ0n) is 17.5. The highest BCUT2D eigenvalue weighted by molar-refractivity contribution is 7.19. The lowest BCUT2D eigenvalue weighted by atomic mass is 10.2. The first-order chi connectivity index (χ1) is 15.3. The first-order valence-electron chi connectivity index (χ1n) is 10.9. The third-order valence-electron chi connectivity index (χ3n) is 5.83. The zero-order valence-corrected chi connectivity index (χ0v) is 18.3. The van der Waals surface area contributed by atoms with Crippen LogP contribution in [0.15, 0.2) is 30.3 Å². The van der Waals surface area contributed by atoms with Gasteiger partial charge in [-0.15, -0.1) is 11.3 Å². The highest BCUT2D eigenvalue weighted by Gasteiger charge is 2.23. The van der Waals surface area contributed by atoms with Crippen molar-refractivity contribution < 1.29 is 9.53 Å². The number of thiophene rings is 1. The Labute approximate surface area is 185 Å². The van der Waals surface area contributed by atoms with E-state index in [4.69, 9.17) is 14.7 Å². The Hall–Kier alpha value is -2.55. The maximum absolute atomic E-state index is 12.5. The van der Waals surface area contributed by atoms with Crippen LogP contribution in [0.4, 0.5) is 5.82 Å². The Bertz CT molecular complexity index is 1060. The molecule has 0 bridgehead atoms. The van der Waals surface area contributed by atoms with Gasteiger partial charge in [0, 0.05) is 24.5 Å². The second-order valence-electron chi connectivity index (χ2n) is 8.03. The standard InChI is InChI=1S/C23H27N5O2S/c29-20(24-13-16-5-2-1-3-6-16)14-25-22-21-17-7-4-8-18(17)31-23(21)27-19(26-22)15-28-9-11-30-12-10-28/h1-3,5-6H,4,7-15H2,(H,24,29)(H,25,26,27). The fourth-order valence-electron chi connectivity index (χ4n) is 4.22. The molecule has 7 nitrogen and oxygen atoms in total. The summed E-state index contributed by atoms with van der Waals surface area (Å²) >= 11 is 1.78. The van der Waals surface area contributed by atoms with Crippen LogP contribution >= 0.6 is 11.3 Å². The minimum Gasteiger partial charge on any atom is -0.379 e. The molecule has 0 spiro atoms. The molecule has 1 saturated heterocycles. The average molecular weight is 438 g/mol. The van der Waals surface area contributed by atoms with Crippen molar-refractivity contribution in [2.75, 3.05) is 38.2 Å². The van der Waals surface area contributed by atoms with Gasteiger partial charge in [-0.25, -0.2) is 9.97 Å². The van der Waals surface area contributed by atoms with Crippen molar-refractivity contribution in [2.24, 2.45) is 0 Å². The number of aryl methyl sites for hydroxylation is 2. The lowest BCUT2D eigenvalue weighted by molar-refractivity contribution is -0.119. The second kappa shape index (κ2) is 9.30. The highest BCUT2D eigenvalue weighted by Crippen LogP contribution is 2.39. The van der Waals surface area contributed by atoms with E-state index in [0.29, 0.717) is 13.1 Å². The number of amides is 1. The van der Waals surface area contributed by atoms with Gasteiger partial charge in [-0.3, -0.25) is 9.69 Å². The van der Waals surface area contributed by atoms with Crippen LogP contribution in [0.5, 0.6) is 0 Å². The summed E-state index contributed by atoms with van der Waals surface area (Å²) in [7, 11) is 0. The number of nitrogens with one attached hydrogen (secondary N) is 2. The number of hydrogen-bond acceptors (Lipinski definition) is 7. The molecule has 0 atom stereocenters. The van der Waals surface area contributed by atoms with Crippen LogP contribution in [0.1, 0.15) is 28.2 Å². The Balaban J connectivity index is 1.32. The van der Waals surface area contributed by atoms with Crippen molar-refractivity contribution in [2.45, 2.75) is 32.4 Å². The summed E-state index contributed by atoms with van der Waals surface area (Å²) in [5.41, 5.74) is 2.45. The van der Waals surface area contributed by atoms with Crippen LogP contribution in [0, 0.1) is 0 Å². The summed E-state index contributed by atoms with van der Waals surface area (Å²) in [5, 5.41) is 7.41. The number of hydrogen-bond donors (Lipinski definition) is 2. The maximum atomic E-state index is 12.5. The normalized spacial score (nSPS) is 16.4. The van der Waals surface area contributed by atoms with E-state index in [1.807, 2.05) is 30.3 Å². The van der Waals surface area contributed by atoms with Crippen LogP contribution in [0.2, 0.25) is 0 Å². The summed E-state index contributed by atoms with van der Waals surface area (Å²) in [6.45, 7) is 4.72. The van der Waals surface area contributed by atoms with Crippen LogP contribution in [-0.4, -0.2) is 53.6 Å². The van der Waals surface area contributed by atoms with E-state index in [1.54, 1.807) is 11.3 Å². The lowest BCUT2D eigenvalue weighted by Gasteiger charge is -2.25. The fourth-order valence-corrected chi connectivity index (χ4v) is 5.50. The lowest BCUT2D eigenvalue weighted by Crippen LogP contribution is -2.36. The monoisotopic (exact) mass is 437 g/mol. The first kappa shape index (κ1) is 20.4. The van der Waals surface area contributed by atoms with Gasteiger partial charge in [-0.1, -0.05) is 30.3 Å². The third-order valence-corrected chi connectivity index (χ3v) is 7.01. The molecule has 3 heterocycles. The molecule has 2 aromatic heterocycles. The summed E-state index contributed by atoms with van der Waals surface area (Å²) in [5.74, 6) is 1.56. The SMILES string of the molecule is O=C(CNc1nc(CN2CCOCC2)nc2sc3c(c12)CCC3)NCc1ccccc1. The number of benzene rings is 1. The molecule has 0 saturated carbocycles. The molecule has 31 heavy (non-hydrogen) atoms. The molecule has 1 fully saturated rings. The molecular formula is C23H27N5O2S. The molecule has 8 heteroatoms. The minimum atomic E-state index is -0.0442. The van der Waals surface area contributed by atoms with Gasteiger partial charge < -0.3 is 15.4 Å². The third kappa shape index (κ3) is 4.71. The molecular weight excluding hydrogens is 410 g/mol. The van der Waals surface area contributed by atoms with Gasteiger partial charge in [-0.2, -0.15) is 0 Å². The predicted octanol–water partition coefficient (Wildman–Crippen LogP) is 2.74. The summed E-state index contributed by atoms with van der Waals surface area (Å²) in [6, 6.07) is 9.94. The van der Waals surface area contributed by atoms with Crippen molar-refractivity contribution in [1.82, 2.24) is 20.2 Å². The molecule has 1 amide bonds. The van der Waals surface area contributed by atoms with Gasteiger partial charge in [0.2, 0.25) is 5.91 Å². The van der Waals surface area contributed by atoms with Crippen molar-refractivity contribution in [3.63, 3.8) is 0 Å². The van der Waals surface area contributed by atoms with Gasteiger partial charge in [0.15, 0.2) is 0 Å². The van der Waals surface area contributed by atoms with Gasteiger partial charge >= 0.3 is 0 Å². The molecule has 2 aliphatic rings. The van der Waals surface area contributed by atoms with Gasteiger partial charge in [-0.05, 0) is 30.4 Å². The quantitative estimate of drug-likeness (QED) is 0.592. The number of aromatic nitrogens is 2.